The molecule has 0 fully saturated rings. The number of methoxy groups -OCH3 is 2. The van der Waals surface area contributed by atoms with Crippen LogP contribution in [0.1, 0.15) is 46.0 Å². The molecule has 0 aliphatic carbocycles. The van der Waals surface area contributed by atoms with Gasteiger partial charge in [0, 0.05) is 24.5 Å². The summed E-state index contributed by atoms with van der Waals surface area (Å²) in [7, 11) is 2.73. The van der Waals surface area contributed by atoms with Crippen molar-refractivity contribution in [2.75, 3.05) is 20.8 Å². The smallest absolute Gasteiger partial charge is 0.328 e. The number of rotatable bonds is 6. The van der Waals surface area contributed by atoms with Gasteiger partial charge in [0.25, 0.3) is 11.8 Å². The number of amides is 2. The number of hydrogen-bond donors (Lipinski definition) is 2. The van der Waals surface area contributed by atoms with Crippen molar-refractivity contribution in [3.05, 3.63) is 34.9 Å². The Labute approximate surface area is 173 Å². The number of nitrogens with zero attached hydrogens (tertiary/aromatic N) is 4. The van der Waals surface area contributed by atoms with Crippen molar-refractivity contribution < 1.29 is 23.9 Å². The third-order valence-electron chi connectivity index (χ3n) is 4.90. The fourth-order valence-electron chi connectivity index (χ4n) is 3.23. The molecule has 2 N–H and O–H groups in total. The molecule has 2 aromatic rings. The summed E-state index contributed by atoms with van der Waals surface area (Å²) in [4.78, 5) is 46.9. The summed E-state index contributed by atoms with van der Waals surface area (Å²) in [5, 5.41) is 9.64. The number of esters is 1. The first-order chi connectivity index (χ1) is 14.3. The Morgan fingerprint density at radius 1 is 1.20 bits per heavy atom. The molecule has 0 bridgehead atoms. The van der Waals surface area contributed by atoms with Gasteiger partial charge in [-0.3, -0.25) is 14.7 Å². The van der Waals surface area contributed by atoms with Crippen LogP contribution in [0.25, 0.3) is 0 Å². The minimum atomic E-state index is -0.772. The lowest BCUT2D eigenvalue weighted by Gasteiger charge is -2.27. The number of nitrogens with one attached hydrogen (secondary N) is 2. The average Bonchev–Trinajstić information content (AvgIpc) is 3.19. The fraction of sp³-hybridized carbons (Fsp3) is 0.474. The van der Waals surface area contributed by atoms with Crippen LogP contribution in [0.5, 0.6) is 6.01 Å². The van der Waals surface area contributed by atoms with Crippen molar-refractivity contribution in [3.8, 4) is 6.01 Å². The highest BCUT2D eigenvalue weighted by Crippen LogP contribution is 2.22. The largest absolute Gasteiger partial charge is 0.467 e. The molecule has 160 valence electrons. The normalized spacial score (nSPS) is 14.1. The summed E-state index contributed by atoms with van der Waals surface area (Å²) < 4.78 is 9.66. The molecule has 3 heterocycles. The van der Waals surface area contributed by atoms with E-state index in [1.165, 1.54) is 26.6 Å². The molecule has 1 aliphatic heterocycles. The van der Waals surface area contributed by atoms with Gasteiger partial charge in [0.15, 0.2) is 5.69 Å². The monoisotopic (exact) mass is 416 g/mol. The lowest BCUT2D eigenvalue weighted by molar-refractivity contribution is -0.144. The molecule has 0 saturated heterocycles. The predicted octanol–water partition coefficient (Wildman–Crippen LogP) is 0.334. The number of aromatic amines is 1. The Kier molecular flexibility index (Phi) is 6.28. The molecule has 0 radical (unpaired) electrons. The van der Waals surface area contributed by atoms with E-state index in [0.29, 0.717) is 24.2 Å². The van der Waals surface area contributed by atoms with E-state index in [4.69, 9.17) is 9.47 Å². The number of H-pyrrole nitrogens is 1. The highest BCUT2D eigenvalue weighted by atomic mass is 16.5. The standard InChI is InChI=1S/C19H24N6O5/c1-10(2)14(18(28)29-3)22-16(26)15-12-5-6-25(9-13(12)23-24-15)17(27)11-7-20-19(30-4)21-8-11/h7-8,10,14H,5-6,9H2,1-4H3,(H,22,26)(H,23,24)/t14-/m0/s1. The van der Waals surface area contributed by atoms with E-state index in [-0.39, 0.29) is 30.1 Å². The summed E-state index contributed by atoms with van der Waals surface area (Å²) in [6, 6.07) is -0.588. The van der Waals surface area contributed by atoms with Crippen molar-refractivity contribution >= 4 is 17.8 Å². The minimum Gasteiger partial charge on any atom is -0.467 e. The van der Waals surface area contributed by atoms with E-state index >= 15 is 0 Å². The van der Waals surface area contributed by atoms with Crippen LogP contribution in [-0.4, -0.2) is 69.7 Å². The van der Waals surface area contributed by atoms with Crippen LogP contribution in [0.3, 0.4) is 0 Å². The Bertz CT molecular complexity index is 939. The van der Waals surface area contributed by atoms with E-state index in [0.717, 1.165) is 5.56 Å². The summed E-state index contributed by atoms with van der Waals surface area (Å²) in [6.45, 7) is 4.30. The van der Waals surface area contributed by atoms with Crippen LogP contribution in [-0.2, 0) is 22.5 Å². The minimum absolute atomic E-state index is 0.143. The number of hydrogen-bond acceptors (Lipinski definition) is 8. The van der Waals surface area contributed by atoms with Crippen molar-refractivity contribution in [1.82, 2.24) is 30.4 Å². The zero-order valence-electron chi connectivity index (χ0n) is 17.3. The zero-order valence-corrected chi connectivity index (χ0v) is 17.3. The molecule has 0 unspecified atom stereocenters. The summed E-state index contributed by atoms with van der Waals surface area (Å²) in [5.74, 6) is -1.34. The summed E-state index contributed by atoms with van der Waals surface area (Å²) in [5.41, 5.74) is 1.97. The third-order valence-corrected chi connectivity index (χ3v) is 4.90. The first-order valence-electron chi connectivity index (χ1n) is 9.45. The molecule has 0 spiro atoms. The van der Waals surface area contributed by atoms with Crippen LogP contribution in [0.2, 0.25) is 0 Å². The van der Waals surface area contributed by atoms with Gasteiger partial charge >= 0.3 is 12.0 Å². The first-order valence-corrected chi connectivity index (χ1v) is 9.45. The fourth-order valence-corrected chi connectivity index (χ4v) is 3.23. The van der Waals surface area contributed by atoms with Gasteiger partial charge < -0.3 is 19.7 Å². The van der Waals surface area contributed by atoms with Gasteiger partial charge in [-0.2, -0.15) is 5.10 Å². The lowest BCUT2D eigenvalue weighted by atomic mass is 10.0. The Morgan fingerprint density at radius 3 is 2.50 bits per heavy atom. The number of aromatic nitrogens is 4. The molecule has 2 aromatic heterocycles. The van der Waals surface area contributed by atoms with Gasteiger partial charge in [0.1, 0.15) is 6.04 Å². The summed E-state index contributed by atoms with van der Waals surface area (Å²) >= 11 is 0. The Balaban J connectivity index is 1.72. The molecule has 1 aliphatic rings. The number of fused-ring (bicyclic) bond motifs is 1. The summed E-state index contributed by atoms with van der Waals surface area (Å²) in [6.07, 6.45) is 3.27. The third kappa shape index (κ3) is 4.24. The molecule has 1 atom stereocenters. The molecule has 11 heteroatoms. The molecule has 0 saturated carbocycles. The maximum atomic E-state index is 12.7. The van der Waals surface area contributed by atoms with Crippen LogP contribution in [0.4, 0.5) is 0 Å². The van der Waals surface area contributed by atoms with Gasteiger partial charge in [-0.1, -0.05) is 13.8 Å². The maximum absolute atomic E-state index is 12.7. The topological polar surface area (TPSA) is 139 Å². The molecule has 11 nitrogen and oxygen atoms in total. The SMILES string of the molecule is COC(=O)[C@@H](NC(=O)c1n[nH]c2c1CCN(C(=O)c1cnc(OC)nc1)C2)C(C)C. The van der Waals surface area contributed by atoms with E-state index < -0.39 is 17.9 Å². The molecule has 3 rings (SSSR count). The molecular weight excluding hydrogens is 392 g/mol. The second kappa shape index (κ2) is 8.89. The maximum Gasteiger partial charge on any atom is 0.328 e. The van der Waals surface area contributed by atoms with Gasteiger partial charge in [-0.05, 0) is 12.3 Å². The van der Waals surface area contributed by atoms with Crippen LogP contribution >= 0.6 is 0 Å². The van der Waals surface area contributed by atoms with Gasteiger partial charge in [0.05, 0.1) is 32.0 Å². The molecule has 2 amide bonds. The highest BCUT2D eigenvalue weighted by molar-refractivity contribution is 5.97. The molecule has 0 aromatic carbocycles. The van der Waals surface area contributed by atoms with Crippen molar-refractivity contribution in [3.63, 3.8) is 0 Å². The second-order valence-corrected chi connectivity index (χ2v) is 7.18. The van der Waals surface area contributed by atoms with E-state index in [1.807, 2.05) is 13.8 Å². The first kappa shape index (κ1) is 21.2. The highest BCUT2D eigenvalue weighted by Gasteiger charge is 2.31. The predicted molar refractivity (Wildman–Crippen MR) is 104 cm³/mol. The van der Waals surface area contributed by atoms with Crippen molar-refractivity contribution in [2.45, 2.75) is 32.9 Å². The van der Waals surface area contributed by atoms with Crippen molar-refractivity contribution in [2.24, 2.45) is 5.92 Å². The lowest BCUT2D eigenvalue weighted by Crippen LogP contribution is -2.45. The van der Waals surface area contributed by atoms with Gasteiger partial charge in [-0.15, -0.1) is 0 Å². The zero-order chi connectivity index (χ0) is 21.8. The van der Waals surface area contributed by atoms with E-state index in [1.54, 1.807) is 4.90 Å². The average molecular weight is 416 g/mol. The van der Waals surface area contributed by atoms with Gasteiger partial charge in [-0.25, -0.2) is 14.8 Å². The van der Waals surface area contributed by atoms with Crippen LogP contribution < -0.4 is 10.1 Å². The molecular formula is C19H24N6O5. The van der Waals surface area contributed by atoms with Gasteiger partial charge in [0.2, 0.25) is 0 Å². The van der Waals surface area contributed by atoms with E-state index in [9.17, 15) is 14.4 Å². The van der Waals surface area contributed by atoms with Crippen LogP contribution in [0, 0.1) is 5.92 Å². The number of carbonyl (C=O) groups is 3. The number of carbonyl (C=O) groups excluding carboxylic acids is 3. The Hall–Kier alpha value is -3.50. The van der Waals surface area contributed by atoms with Crippen molar-refractivity contribution in [1.29, 1.82) is 0 Å². The number of ether oxygens (including phenoxy) is 2. The quantitative estimate of drug-likeness (QED) is 0.643. The molecule has 30 heavy (non-hydrogen) atoms. The second-order valence-electron chi connectivity index (χ2n) is 7.18. The Morgan fingerprint density at radius 2 is 1.90 bits per heavy atom. The van der Waals surface area contributed by atoms with E-state index in [2.05, 4.69) is 25.5 Å². The van der Waals surface area contributed by atoms with Crippen LogP contribution in [0.15, 0.2) is 12.4 Å².